The third kappa shape index (κ3) is 4.58. The summed E-state index contributed by atoms with van der Waals surface area (Å²) in [6.07, 6.45) is 1.63. The summed E-state index contributed by atoms with van der Waals surface area (Å²) in [5.74, 6) is 1.15. The number of esters is 1. The molecule has 1 aromatic heterocycles. The Balaban J connectivity index is 1.57. The van der Waals surface area contributed by atoms with Crippen molar-refractivity contribution in [2.75, 3.05) is 18.3 Å². The Kier molecular flexibility index (Phi) is 5.45. The second kappa shape index (κ2) is 8.13. The number of hydrazone groups is 1. The zero-order chi connectivity index (χ0) is 18.4. The van der Waals surface area contributed by atoms with Crippen molar-refractivity contribution < 1.29 is 14.3 Å². The van der Waals surface area contributed by atoms with Gasteiger partial charge >= 0.3 is 5.97 Å². The Hall–Kier alpha value is -3.39. The van der Waals surface area contributed by atoms with Gasteiger partial charge in [-0.3, -0.25) is 5.43 Å². The van der Waals surface area contributed by atoms with Gasteiger partial charge in [-0.1, -0.05) is 0 Å². The summed E-state index contributed by atoms with van der Waals surface area (Å²) in [7, 11) is 1.57. The number of hydrogen-bond acceptors (Lipinski definition) is 8. The average Bonchev–Trinajstić information content (AvgIpc) is 3.08. The Bertz CT molecular complexity index is 905. The lowest BCUT2D eigenvalue weighted by molar-refractivity contribution is 0.0734. The van der Waals surface area contributed by atoms with Gasteiger partial charge in [0.15, 0.2) is 0 Å². The van der Waals surface area contributed by atoms with Crippen molar-refractivity contribution in [3.63, 3.8) is 0 Å². The number of ether oxygens (including phenoxy) is 2. The Morgan fingerprint density at radius 1 is 1.15 bits per heavy atom. The van der Waals surface area contributed by atoms with Gasteiger partial charge in [-0.15, -0.1) is 11.3 Å². The molecule has 0 bridgehead atoms. The minimum Gasteiger partial charge on any atom is -0.497 e. The molecular weight excluding hydrogens is 352 g/mol. The maximum absolute atomic E-state index is 12.1. The molecule has 26 heavy (non-hydrogen) atoms. The Morgan fingerprint density at radius 3 is 2.46 bits per heavy atom. The van der Waals surface area contributed by atoms with Crippen LogP contribution in [0.5, 0.6) is 11.5 Å². The van der Waals surface area contributed by atoms with Crippen LogP contribution >= 0.6 is 11.3 Å². The van der Waals surface area contributed by atoms with Crippen LogP contribution in [0.15, 0.2) is 59.0 Å². The number of nitrogens with zero attached hydrogens (tertiary/aromatic N) is 2. The van der Waals surface area contributed by atoms with Gasteiger partial charge in [0.05, 0.1) is 18.9 Å². The highest BCUT2D eigenvalue weighted by Crippen LogP contribution is 2.17. The van der Waals surface area contributed by atoms with Crippen LogP contribution in [-0.2, 0) is 0 Å². The number of anilines is 2. The molecule has 7 nitrogen and oxygen atoms in total. The van der Waals surface area contributed by atoms with Gasteiger partial charge in [0.1, 0.15) is 17.3 Å². The highest BCUT2D eigenvalue weighted by molar-refractivity contribution is 7.14. The Labute approximate surface area is 154 Å². The summed E-state index contributed by atoms with van der Waals surface area (Å²) >= 11 is 1.37. The molecule has 0 amide bonds. The van der Waals surface area contributed by atoms with Crippen molar-refractivity contribution in [3.8, 4) is 11.5 Å². The highest BCUT2D eigenvalue weighted by atomic mass is 32.1. The van der Waals surface area contributed by atoms with Gasteiger partial charge in [-0.05, 0) is 54.1 Å². The van der Waals surface area contributed by atoms with Gasteiger partial charge in [-0.25, -0.2) is 9.78 Å². The number of nitrogens with two attached hydrogens (primary N) is 1. The molecule has 0 fully saturated rings. The van der Waals surface area contributed by atoms with E-state index in [0.717, 1.165) is 5.56 Å². The first-order valence-corrected chi connectivity index (χ1v) is 8.48. The summed E-state index contributed by atoms with van der Waals surface area (Å²) < 4.78 is 10.4. The SMILES string of the molecule is COc1ccc(C(=O)Oc2ccc(C=NNc3nc(N)cs3)cc2)cc1. The first kappa shape index (κ1) is 17.4. The van der Waals surface area contributed by atoms with Crippen molar-refractivity contribution in [2.45, 2.75) is 0 Å². The van der Waals surface area contributed by atoms with Crippen LogP contribution in [0.4, 0.5) is 10.9 Å². The number of methoxy groups -OCH3 is 1. The molecule has 3 rings (SSSR count). The zero-order valence-electron chi connectivity index (χ0n) is 13.9. The number of nitrogen functional groups attached to an aromatic ring is 1. The number of nitrogens with one attached hydrogen (secondary N) is 1. The van der Waals surface area contributed by atoms with Crippen molar-refractivity contribution in [2.24, 2.45) is 5.10 Å². The molecule has 0 radical (unpaired) electrons. The topological polar surface area (TPSA) is 98.8 Å². The standard InChI is InChI=1S/C18H16N4O3S/c1-24-14-8-4-13(5-9-14)17(23)25-15-6-2-12(3-7-15)10-20-22-18-21-16(19)11-26-18/h2-11H,19H2,1H3,(H,21,22). The quantitative estimate of drug-likeness (QED) is 0.299. The normalized spacial score (nSPS) is 10.7. The van der Waals surface area contributed by atoms with E-state index in [0.29, 0.717) is 28.0 Å². The lowest BCUT2D eigenvalue weighted by atomic mass is 10.2. The number of carbonyl (C=O) groups excluding carboxylic acids is 1. The lowest BCUT2D eigenvalue weighted by Crippen LogP contribution is -2.08. The fraction of sp³-hybridized carbons (Fsp3) is 0.0556. The van der Waals surface area contributed by atoms with E-state index >= 15 is 0 Å². The van der Waals surface area contributed by atoms with Crippen LogP contribution in [0, 0.1) is 0 Å². The van der Waals surface area contributed by atoms with Crippen molar-refractivity contribution in [1.82, 2.24) is 4.98 Å². The van der Waals surface area contributed by atoms with Gasteiger partial charge in [0.25, 0.3) is 0 Å². The third-order valence-corrected chi connectivity index (χ3v) is 4.08. The molecule has 8 heteroatoms. The number of rotatable bonds is 6. The van der Waals surface area contributed by atoms with Crippen LogP contribution in [0.3, 0.4) is 0 Å². The predicted molar refractivity (Wildman–Crippen MR) is 102 cm³/mol. The van der Waals surface area contributed by atoms with Crippen LogP contribution in [-0.4, -0.2) is 24.3 Å². The summed E-state index contributed by atoms with van der Waals surface area (Å²) in [5, 5.41) is 6.42. The van der Waals surface area contributed by atoms with E-state index in [9.17, 15) is 4.79 Å². The molecule has 0 aliphatic carbocycles. The minimum absolute atomic E-state index is 0.433. The monoisotopic (exact) mass is 368 g/mol. The molecule has 1 heterocycles. The molecular formula is C18H16N4O3S. The third-order valence-electron chi connectivity index (χ3n) is 3.31. The molecule has 0 unspecified atom stereocenters. The zero-order valence-corrected chi connectivity index (χ0v) is 14.7. The summed E-state index contributed by atoms with van der Waals surface area (Å²) in [6.45, 7) is 0. The predicted octanol–water partition coefficient (Wildman–Crippen LogP) is 3.40. The molecule has 0 saturated carbocycles. The summed E-state index contributed by atoms with van der Waals surface area (Å²) in [4.78, 5) is 16.1. The minimum atomic E-state index is -0.433. The molecule has 3 aromatic rings. The van der Waals surface area contributed by atoms with Gasteiger partial charge in [-0.2, -0.15) is 5.10 Å². The molecule has 0 aliphatic rings. The molecule has 0 atom stereocenters. The van der Waals surface area contributed by atoms with E-state index in [4.69, 9.17) is 15.2 Å². The average molecular weight is 368 g/mol. The number of benzene rings is 2. The molecule has 0 spiro atoms. The van der Waals surface area contributed by atoms with E-state index in [1.54, 1.807) is 67.2 Å². The van der Waals surface area contributed by atoms with Crippen molar-refractivity contribution in [3.05, 3.63) is 65.0 Å². The van der Waals surface area contributed by atoms with Crippen LogP contribution in [0.2, 0.25) is 0 Å². The van der Waals surface area contributed by atoms with E-state index < -0.39 is 5.97 Å². The molecule has 132 valence electrons. The van der Waals surface area contributed by atoms with E-state index in [2.05, 4.69) is 15.5 Å². The molecule has 0 aliphatic heterocycles. The van der Waals surface area contributed by atoms with Crippen LogP contribution in [0.1, 0.15) is 15.9 Å². The van der Waals surface area contributed by atoms with E-state index in [1.807, 2.05) is 0 Å². The molecule has 2 aromatic carbocycles. The fourth-order valence-corrected chi connectivity index (χ4v) is 2.56. The first-order valence-electron chi connectivity index (χ1n) is 7.60. The smallest absolute Gasteiger partial charge is 0.343 e. The van der Waals surface area contributed by atoms with Crippen LogP contribution in [0.25, 0.3) is 0 Å². The highest BCUT2D eigenvalue weighted by Gasteiger charge is 2.08. The van der Waals surface area contributed by atoms with Crippen molar-refractivity contribution >= 4 is 34.5 Å². The van der Waals surface area contributed by atoms with E-state index in [1.165, 1.54) is 11.3 Å². The first-order chi connectivity index (χ1) is 12.6. The molecule has 3 N–H and O–H groups in total. The number of aromatic nitrogens is 1. The number of hydrogen-bond donors (Lipinski definition) is 2. The van der Waals surface area contributed by atoms with Crippen molar-refractivity contribution in [1.29, 1.82) is 0 Å². The molecule has 0 saturated heterocycles. The second-order valence-corrected chi connectivity index (χ2v) is 5.99. The fourth-order valence-electron chi connectivity index (χ4n) is 2.01. The number of thiazole rings is 1. The Morgan fingerprint density at radius 2 is 1.85 bits per heavy atom. The number of carbonyl (C=O) groups is 1. The maximum atomic E-state index is 12.1. The second-order valence-electron chi connectivity index (χ2n) is 5.13. The van der Waals surface area contributed by atoms with Gasteiger partial charge in [0.2, 0.25) is 5.13 Å². The van der Waals surface area contributed by atoms with Crippen LogP contribution < -0.4 is 20.6 Å². The maximum Gasteiger partial charge on any atom is 0.343 e. The van der Waals surface area contributed by atoms with Gasteiger partial charge < -0.3 is 15.2 Å². The largest absolute Gasteiger partial charge is 0.497 e. The summed E-state index contributed by atoms with van der Waals surface area (Å²) in [5.41, 5.74) is 9.61. The lowest BCUT2D eigenvalue weighted by Gasteiger charge is -2.05. The summed E-state index contributed by atoms with van der Waals surface area (Å²) in [6, 6.07) is 13.7. The van der Waals surface area contributed by atoms with E-state index in [-0.39, 0.29) is 0 Å². The van der Waals surface area contributed by atoms with Gasteiger partial charge in [0, 0.05) is 5.38 Å².